The number of carbonyl (C=O) groups is 3. The largest absolute Gasteiger partial charge is 0.451 e. The minimum atomic E-state index is -0.835. The number of imide groups is 1. The summed E-state index contributed by atoms with van der Waals surface area (Å²) in [7, 11) is 0. The zero-order chi connectivity index (χ0) is 21.0. The predicted molar refractivity (Wildman–Crippen MR) is 107 cm³/mol. The standard InChI is InChI=1S/C19H19N5O4S/c1-19(2,3)24-18(27)23-13(25)10-28-17(26)15-14(20-8-9-21-15)16-22-11-6-4-5-7-12(11)29-16/h4-9H,10H2,1-3H3,(H2,23,24,25,27). The molecule has 0 saturated heterocycles. The molecule has 0 bridgehead atoms. The summed E-state index contributed by atoms with van der Waals surface area (Å²) in [4.78, 5) is 48.7. The van der Waals surface area contributed by atoms with Gasteiger partial charge >= 0.3 is 12.0 Å². The Morgan fingerprint density at radius 2 is 1.83 bits per heavy atom. The summed E-state index contributed by atoms with van der Waals surface area (Å²) in [5.74, 6) is -1.59. The Balaban J connectivity index is 1.69. The zero-order valence-corrected chi connectivity index (χ0v) is 16.9. The lowest BCUT2D eigenvalue weighted by atomic mass is 10.1. The molecule has 3 amide bonds. The maximum Gasteiger partial charge on any atom is 0.359 e. The molecule has 0 fully saturated rings. The molecular weight excluding hydrogens is 394 g/mol. The van der Waals surface area contributed by atoms with Crippen molar-refractivity contribution in [3.05, 3.63) is 42.4 Å². The Morgan fingerprint density at radius 3 is 2.55 bits per heavy atom. The van der Waals surface area contributed by atoms with Gasteiger partial charge in [-0.25, -0.2) is 24.5 Å². The van der Waals surface area contributed by atoms with E-state index in [1.165, 1.54) is 23.7 Å². The first-order valence-electron chi connectivity index (χ1n) is 8.69. The monoisotopic (exact) mass is 413 g/mol. The van der Waals surface area contributed by atoms with E-state index in [4.69, 9.17) is 4.74 Å². The van der Waals surface area contributed by atoms with Gasteiger partial charge in [-0.05, 0) is 32.9 Å². The Labute approximate surface area is 170 Å². The van der Waals surface area contributed by atoms with Crippen LogP contribution in [0.3, 0.4) is 0 Å². The summed E-state index contributed by atoms with van der Waals surface area (Å²) in [5, 5.41) is 5.18. The van der Waals surface area contributed by atoms with E-state index in [1.807, 2.05) is 24.3 Å². The molecule has 10 heteroatoms. The van der Waals surface area contributed by atoms with Gasteiger partial charge in [0.25, 0.3) is 5.91 Å². The Bertz CT molecular complexity index is 1040. The van der Waals surface area contributed by atoms with Crippen LogP contribution in [0.1, 0.15) is 31.3 Å². The van der Waals surface area contributed by atoms with Gasteiger partial charge in [-0.15, -0.1) is 11.3 Å². The number of benzene rings is 1. The molecule has 0 unspecified atom stereocenters. The van der Waals surface area contributed by atoms with E-state index in [1.54, 1.807) is 20.8 Å². The average molecular weight is 413 g/mol. The van der Waals surface area contributed by atoms with Gasteiger partial charge < -0.3 is 10.1 Å². The van der Waals surface area contributed by atoms with Crippen LogP contribution >= 0.6 is 11.3 Å². The van der Waals surface area contributed by atoms with Crippen molar-refractivity contribution < 1.29 is 19.1 Å². The fourth-order valence-electron chi connectivity index (χ4n) is 2.35. The molecule has 3 rings (SSSR count). The number of amides is 3. The van der Waals surface area contributed by atoms with Crippen LogP contribution in [-0.4, -0.2) is 45.0 Å². The fraction of sp³-hybridized carbons (Fsp3) is 0.263. The number of fused-ring (bicyclic) bond motifs is 1. The fourth-order valence-corrected chi connectivity index (χ4v) is 3.31. The van der Waals surface area contributed by atoms with Crippen LogP contribution in [0, 0.1) is 0 Å². The second-order valence-electron chi connectivity index (χ2n) is 7.07. The zero-order valence-electron chi connectivity index (χ0n) is 16.1. The number of thiazole rings is 1. The quantitative estimate of drug-likeness (QED) is 0.630. The van der Waals surface area contributed by atoms with E-state index in [0.717, 1.165) is 10.2 Å². The topological polar surface area (TPSA) is 123 Å². The molecule has 0 saturated carbocycles. The smallest absolute Gasteiger partial charge is 0.359 e. The van der Waals surface area contributed by atoms with Crippen molar-refractivity contribution in [2.75, 3.05) is 6.61 Å². The molecule has 29 heavy (non-hydrogen) atoms. The summed E-state index contributed by atoms with van der Waals surface area (Å²) >= 11 is 1.37. The molecule has 0 spiro atoms. The second-order valence-corrected chi connectivity index (χ2v) is 8.10. The highest BCUT2D eigenvalue weighted by Gasteiger charge is 2.22. The number of urea groups is 1. The maximum atomic E-state index is 12.4. The minimum absolute atomic E-state index is 0.0569. The van der Waals surface area contributed by atoms with E-state index >= 15 is 0 Å². The summed E-state index contributed by atoms with van der Waals surface area (Å²) in [5.41, 5.74) is 0.483. The van der Waals surface area contributed by atoms with E-state index in [9.17, 15) is 14.4 Å². The third-order valence-electron chi connectivity index (χ3n) is 3.46. The highest BCUT2D eigenvalue weighted by Crippen LogP contribution is 2.30. The average Bonchev–Trinajstić information content (AvgIpc) is 3.08. The van der Waals surface area contributed by atoms with Crippen LogP contribution in [0.2, 0.25) is 0 Å². The number of carbonyl (C=O) groups excluding carboxylic acids is 3. The van der Waals surface area contributed by atoms with E-state index in [0.29, 0.717) is 5.01 Å². The SMILES string of the molecule is CC(C)(C)NC(=O)NC(=O)COC(=O)c1nccnc1-c1nc2ccccc2s1. The third-order valence-corrected chi connectivity index (χ3v) is 4.51. The Morgan fingerprint density at radius 1 is 1.10 bits per heavy atom. The van der Waals surface area contributed by atoms with Gasteiger partial charge in [0, 0.05) is 17.9 Å². The third kappa shape index (κ3) is 5.32. The highest BCUT2D eigenvalue weighted by molar-refractivity contribution is 7.21. The Hall–Kier alpha value is -3.40. The molecule has 0 aliphatic heterocycles. The molecule has 150 valence electrons. The van der Waals surface area contributed by atoms with Gasteiger partial charge in [0.2, 0.25) is 0 Å². The first kappa shape index (κ1) is 20.3. The lowest BCUT2D eigenvalue weighted by Crippen LogP contribution is -2.49. The number of rotatable bonds is 4. The van der Waals surface area contributed by atoms with Crippen molar-refractivity contribution in [1.82, 2.24) is 25.6 Å². The van der Waals surface area contributed by atoms with E-state index in [-0.39, 0.29) is 11.4 Å². The summed E-state index contributed by atoms with van der Waals surface area (Å²) in [6.07, 6.45) is 2.80. The van der Waals surface area contributed by atoms with Crippen molar-refractivity contribution in [2.24, 2.45) is 0 Å². The van der Waals surface area contributed by atoms with Crippen LogP contribution in [0.4, 0.5) is 4.79 Å². The first-order chi connectivity index (χ1) is 13.7. The lowest BCUT2D eigenvalue weighted by molar-refractivity contribution is -0.123. The maximum absolute atomic E-state index is 12.4. The lowest BCUT2D eigenvalue weighted by Gasteiger charge is -2.20. The number of aromatic nitrogens is 3. The number of nitrogens with one attached hydrogen (secondary N) is 2. The molecule has 1 aromatic carbocycles. The number of ether oxygens (including phenoxy) is 1. The summed E-state index contributed by atoms with van der Waals surface area (Å²) < 4.78 is 5.94. The first-order valence-corrected chi connectivity index (χ1v) is 9.50. The van der Waals surface area contributed by atoms with Crippen LogP contribution in [0.5, 0.6) is 0 Å². The molecule has 0 radical (unpaired) electrons. The van der Waals surface area contributed by atoms with Crippen LogP contribution in [-0.2, 0) is 9.53 Å². The molecule has 3 aromatic rings. The van der Waals surface area contributed by atoms with Crippen molar-refractivity contribution in [2.45, 2.75) is 26.3 Å². The molecular formula is C19H19N5O4S. The molecule has 2 heterocycles. The summed E-state index contributed by atoms with van der Waals surface area (Å²) in [6, 6.07) is 6.86. The van der Waals surface area contributed by atoms with Gasteiger partial charge in [0.05, 0.1) is 10.2 Å². The summed E-state index contributed by atoms with van der Waals surface area (Å²) in [6.45, 7) is 4.68. The van der Waals surface area contributed by atoms with Gasteiger partial charge in [0.1, 0.15) is 10.7 Å². The molecule has 9 nitrogen and oxygen atoms in total. The number of nitrogens with zero attached hydrogens (tertiary/aromatic N) is 3. The predicted octanol–water partition coefficient (Wildman–Crippen LogP) is 2.53. The van der Waals surface area contributed by atoms with Gasteiger partial charge in [-0.3, -0.25) is 10.1 Å². The van der Waals surface area contributed by atoms with E-state index < -0.39 is 30.1 Å². The second kappa shape index (κ2) is 8.31. The normalized spacial score (nSPS) is 11.1. The van der Waals surface area contributed by atoms with Gasteiger partial charge in [-0.1, -0.05) is 12.1 Å². The molecule has 0 aliphatic rings. The minimum Gasteiger partial charge on any atom is -0.451 e. The highest BCUT2D eigenvalue weighted by atomic mass is 32.1. The van der Waals surface area contributed by atoms with Crippen molar-refractivity contribution in [3.63, 3.8) is 0 Å². The van der Waals surface area contributed by atoms with Gasteiger partial charge in [-0.2, -0.15) is 0 Å². The number of para-hydroxylation sites is 1. The molecule has 0 aliphatic carbocycles. The Kier molecular flexibility index (Phi) is 5.83. The van der Waals surface area contributed by atoms with Crippen LogP contribution < -0.4 is 10.6 Å². The number of esters is 1. The molecule has 2 N–H and O–H groups in total. The van der Waals surface area contributed by atoms with Gasteiger partial charge in [0.15, 0.2) is 12.3 Å². The molecule has 2 aromatic heterocycles. The van der Waals surface area contributed by atoms with Crippen molar-refractivity contribution in [3.8, 4) is 10.7 Å². The number of hydrogen-bond donors (Lipinski definition) is 2. The van der Waals surface area contributed by atoms with E-state index in [2.05, 4.69) is 25.6 Å². The number of hydrogen-bond acceptors (Lipinski definition) is 8. The van der Waals surface area contributed by atoms with Crippen LogP contribution in [0.15, 0.2) is 36.7 Å². The van der Waals surface area contributed by atoms with Crippen LogP contribution in [0.25, 0.3) is 20.9 Å². The molecule has 0 atom stereocenters. The van der Waals surface area contributed by atoms with Crippen molar-refractivity contribution in [1.29, 1.82) is 0 Å². The van der Waals surface area contributed by atoms with Crippen molar-refractivity contribution >= 4 is 39.5 Å².